The van der Waals surface area contributed by atoms with E-state index in [0.717, 1.165) is 11.6 Å². The SMILES string of the molecule is CCN(CC)S(=O)(=O)c1ccc(N(CCOC)Cc2cccnc2)c([N+](=O)[O-])c1. The molecular formula is C19H26N4O5S. The number of hydrogen-bond donors (Lipinski definition) is 0. The Morgan fingerprint density at radius 2 is 1.93 bits per heavy atom. The summed E-state index contributed by atoms with van der Waals surface area (Å²) in [5, 5.41) is 11.8. The van der Waals surface area contributed by atoms with E-state index in [2.05, 4.69) is 4.98 Å². The molecule has 0 atom stereocenters. The molecule has 0 N–H and O–H groups in total. The zero-order chi connectivity index (χ0) is 21.4. The van der Waals surface area contributed by atoms with E-state index < -0.39 is 14.9 Å². The standard InChI is InChI=1S/C19H26N4O5S/c1-4-22(5-2)29(26,27)17-8-9-18(19(13-17)23(24)25)21(11-12-28-3)15-16-7-6-10-20-14-16/h6-10,13-14H,4-5,11-12,15H2,1-3H3. The molecular weight excluding hydrogens is 396 g/mol. The van der Waals surface area contributed by atoms with Crippen LogP contribution in [-0.4, -0.2) is 56.0 Å². The quantitative estimate of drug-likeness (QED) is 0.405. The van der Waals surface area contributed by atoms with Crippen LogP contribution in [0.25, 0.3) is 0 Å². The molecule has 0 fully saturated rings. The molecule has 29 heavy (non-hydrogen) atoms. The molecule has 0 spiro atoms. The van der Waals surface area contributed by atoms with Gasteiger partial charge in [-0.1, -0.05) is 19.9 Å². The Kier molecular flexibility index (Phi) is 8.06. The van der Waals surface area contributed by atoms with Gasteiger partial charge in [-0.25, -0.2) is 8.42 Å². The first-order valence-corrected chi connectivity index (χ1v) is 10.7. The minimum absolute atomic E-state index is 0.0929. The third kappa shape index (κ3) is 5.49. The average Bonchev–Trinajstić information content (AvgIpc) is 2.72. The summed E-state index contributed by atoms with van der Waals surface area (Å²) in [5.74, 6) is 0. The van der Waals surface area contributed by atoms with E-state index in [9.17, 15) is 18.5 Å². The number of aromatic nitrogens is 1. The molecule has 0 saturated carbocycles. The molecule has 2 aromatic rings. The van der Waals surface area contributed by atoms with E-state index in [1.807, 2.05) is 6.07 Å². The number of anilines is 1. The molecule has 0 unspecified atom stereocenters. The number of benzene rings is 1. The maximum atomic E-state index is 12.8. The second kappa shape index (κ2) is 10.3. The second-order valence-corrected chi connectivity index (χ2v) is 8.21. The Labute approximate surface area is 171 Å². The van der Waals surface area contributed by atoms with Crippen molar-refractivity contribution in [3.8, 4) is 0 Å². The average molecular weight is 423 g/mol. The van der Waals surface area contributed by atoms with E-state index in [4.69, 9.17) is 4.74 Å². The van der Waals surface area contributed by atoms with Crippen molar-refractivity contribution in [2.45, 2.75) is 25.3 Å². The Morgan fingerprint density at radius 1 is 1.21 bits per heavy atom. The van der Waals surface area contributed by atoms with Gasteiger partial charge in [-0.15, -0.1) is 0 Å². The Bertz CT molecular complexity index is 917. The fourth-order valence-corrected chi connectivity index (χ4v) is 4.47. The number of ether oxygens (including phenoxy) is 1. The third-order valence-corrected chi connectivity index (χ3v) is 6.53. The number of pyridine rings is 1. The first-order valence-electron chi connectivity index (χ1n) is 9.26. The Morgan fingerprint density at radius 3 is 2.48 bits per heavy atom. The molecule has 0 amide bonds. The van der Waals surface area contributed by atoms with Crippen LogP contribution in [0.4, 0.5) is 11.4 Å². The van der Waals surface area contributed by atoms with E-state index >= 15 is 0 Å². The van der Waals surface area contributed by atoms with Crippen molar-refractivity contribution < 1.29 is 18.1 Å². The normalized spacial score (nSPS) is 11.6. The molecule has 10 heteroatoms. The van der Waals surface area contributed by atoms with Crippen molar-refractivity contribution >= 4 is 21.4 Å². The molecule has 9 nitrogen and oxygen atoms in total. The fourth-order valence-electron chi connectivity index (χ4n) is 2.99. The number of rotatable bonds is 11. The van der Waals surface area contributed by atoms with Crippen molar-refractivity contribution in [1.82, 2.24) is 9.29 Å². The minimum atomic E-state index is -3.80. The zero-order valence-corrected chi connectivity index (χ0v) is 17.6. The monoisotopic (exact) mass is 422 g/mol. The lowest BCUT2D eigenvalue weighted by Gasteiger charge is -2.25. The summed E-state index contributed by atoms with van der Waals surface area (Å²) in [7, 11) is -2.25. The van der Waals surface area contributed by atoms with E-state index in [-0.39, 0.29) is 23.7 Å². The van der Waals surface area contributed by atoms with Crippen molar-refractivity contribution in [2.24, 2.45) is 0 Å². The van der Waals surface area contributed by atoms with Crippen molar-refractivity contribution in [2.75, 3.05) is 38.3 Å². The maximum Gasteiger partial charge on any atom is 0.293 e. The van der Waals surface area contributed by atoms with Gasteiger partial charge in [0.05, 0.1) is 16.4 Å². The van der Waals surface area contributed by atoms with Gasteiger partial charge in [0.2, 0.25) is 10.0 Å². The number of sulfonamides is 1. The zero-order valence-electron chi connectivity index (χ0n) is 16.8. The molecule has 0 radical (unpaired) electrons. The van der Waals surface area contributed by atoms with Gasteiger partial charge in [0.15, 0.2) is 0 Å². The molecule has 0 saturated heterocycles. The summed E-state index contributed by atoms with van der Waals surface area (Å²) in [6, 6.07) is 7.70. The summed E-state index contributed by atoms with van der Waals surface area (Å²) in [6.45, 7) is 5.16. The summed E-state index contributed by atoms with van der Waals surface area (Å²) in [6.07, 6.45) is 3.34. The molecule has 0 aliphatic heterocycles. The van der Waals surface area contributed by atoms with Gasteiger partial charge in [-0.2, -0.15) is 4.31 Å². The molecule has 1 aromatic carbocycles. The van der Waals surface area contributed by atoms with Crippen LogP contribution in [0.5, 0.6) is 0 Å². The number of methoxy groups -OCH3 is 1. The highest BCUT2D eigenvalue weighted by molar-refractivity contribution is 7.89. The number of hydrogen-bond acceptors (Lipinski definition) is 7. The van der Waals surface area contributed by atoms with Crippen LogP contribution < -0.4 is 4.90 Å². The maximum absolute atomic E-state index is 12.8. The molecule has 0 aliphatic rings. The fraction of sp³-hybridized carbons (Fsp3) is 0.421. The topological polar surface area (TPSA) is 106 Å². The lowest BCUT2D eigenvalue weighted by atomic mass is 10.2. The van der Waals surface area contributed by atoms with Gasteiger partial charge in [-0.3, -0.25) is 15.1 Å². The first-order chi connectivity index (χ1) is 13.8. The minimum Gasteiger partial charge on any atom is -0.383 e. The second-order valence-electron chi connectivity index (χ2n) is 6.27. The summed E-state index contributed by atoms with van der Waals surface area (Å²) < 4.78 is 32.0. The molecule has 1 heterocycles. The van der Waals surface area contributed by atoms with Crippen LogP contribution in [0, 0.1) is 10.1 Å². The van der Waals surface area contributed by atoms with Crippen molar-refractivity contribution in [3.63, 3.8) is 0 Å². The predicted octanol–water partition coefficient (Wildman–Crippen LogP) is 2.67. The summed E-state index contributed by atoms with van der Waals surface area (Å²) in [5.41, 5.74) is 0.936. The molecule has 158 valence electrons. The van der Waals surface area contributed by atoms with Crippen LogP contribution in [0.3, 0.4) is 0 Å². The van der Waals surface area contributed by atoms with Crippen molar-refractivity contribution in [3.05, 3.63) is 58.4 Å². The van der Waals surface area contributed by atoms with Gasteiger partial charge in [0.25, 0.3) is 5.69 Å². The summed E-state index contributed by atoms with van der Waals surface area (Å²) in [4.78, 5) is 17.0. The molecule has 2 rings (SSSR count). The Balaban J connectivity index is 2.49. The number of nitrogens with zero attached hydrogens (tertiary/aromatic N) is 4. The molecule has 0 bridgehead atoms. The van der Waals surface area contributed by atoms with Gasteiger partial charge in [0, 0.05) is 51.7 Å². The van der Waals surface area contributed by atoms with Gasteiger partial charge in [-0.05, 0) is 23.8 Å². The highest BCUT2D eigenvalue weighted by atomic mass is 32.2. The smallest absolute Gasteiger partial charge is 0.293 e. The molecule has 1 aromatic heterocycles. The van der Waals surface area contributed by atoms with Crippen LogP contribution in [0.2, 0.25) is 0 Å². The predicted molar refractivity (Wildman–Crippen MR) is 110 cm³/mol. The number of nitro benzene ring substituents is 1. The number of nitro groups is 1. The Hall–Kier alpha value is -2.56. The molecule has 0 aliphatic carbocycles. The van der Waals surface area contributed by atoms with Crippen LogP contribution in [-0.2, 0) is 21.3 Å². The van der Waals surface area contributed by atoms with E-state index in [0.29, 0.717) is 25.4 Å². The van der Waals surface area contributed by atoms with Gasteiger partial charge >= 0.3 is 0 Å². The van der Waals surface area contributed by atoms with E-state index in [1.54, 1.807) is 44.3 Å². The van der Waals surface area contributed by atoms with E-state index in [1.165, 1.54) is 16.4 Å². The van der Waals surface area contributed by atoms with Gasteiger partial charge < -0.3 is 9.64 Å². The largest absolute Gasteiger partial charge is 0.383 e. The first kappa shape index (κ1) is 22.7. The van der Waals surface area contributed by atoms with Crippen LogP contribution in [0.1, 0.15) is 19.4 Å². The van der Waals surface area contributed by atoms with Crippen LogP contribution in [0.15, 0.2) is 47.6 Å². The van der Waals surface area contributed by atoms with Crippen molar-refractivity contribution in [1.29, 1.82) is 0 Å². The highest BCUT2D eigenvalue weighted by Crippen LogP contribution is 2.32. The van der Waals surface area contributed by atoms with Gasteiger partial charge in [0.1, 0.15) is 5.69 Å². The van der Waals surface area contributed by atoms with Crippen LogP contribution >= 0.6 is 0 Å². The highest BCUT2D eigenvalue weighted by Gasteiger charge is 2.27. The lowest BCUT2D eigenvalue weighted by Crippen LogP contribution is -2.31. The summed E-state index contributed by atoms with van der Waals surface area (Å²) >= 11 is 0. The third-order valence-electron chi connectivity index (χ3n) is 4.49. The lowest BCUT2D eigenvalue weighted by molar-refractivity contribution is -0.384.